The van der Waals surface area contributed by atoms with Crippen molar-refractivity contribution in [2.24, 2.45) is 0 Å². The van der Waals surface area contributed by atoms with Crippen LogP contribution in [0.3, 0.4) is 0 Å². The molecular formula is C24H23N5. The summed E-state index contributed by atoms with van der Waals surface area (Å²) in [5.41, 5.74) is 7.52. The second-order valence-electron chi connectivity index (χ2n) is 7.20. The van der Waals surface area contributed by atoms with Gasteiger partial charge in [-0.2, -0.15) is 0 Å². The highest BCUT2D eigenvalue weighted by Crippen LogP contribution is 2.31. The third-order valence-electron chi connectivity index (χ3n) is 4.96. The molecule has 0 radical (unpaired) electrons. The monoisotopic (exact) mass is 381 g/mol. The highest BCUT2D eigenvalue weighted by Gasteiger charge is 2.14. The van der Waals surface area contributed by atoms with Gasteiger partial charge in [-0.25, -0.2) is 9.97 Å². The highest BCUT2D eigenvalue weighted by atomic mass is 15.2. The zero-order valence-corrected chi connectivity index (χ0v) is 16.9. The summed E-state index contributed by atoms with van der Waals surface area (Å²) in [5, 5.41) is 0. The van der Waals surface area contributed by atoms with E-state index in [0.717, 1.165) is 27.9 Å². The molecule has 3 aromatic heterocycles. The molecule has 0 N–H and O–H groups in total. The average Bonchev–Trinajstić information content (AvgIpc) is 2.76. The molecule has 0 aliphatic heterocycles. The molecule has 4 rings (SSSR count). The van der Waals surface area contributed by atoms with Gasteiger partial charge in [0.1, 0.15) is 0 Å². The van der Waals surface area contributed by atoms with Crippen molar-refractivity contribution in [2.45, 2.75) is 20.4 Å². The molecular weight excluding hydrogens is 358 g/mol. The normalized spacial score (nSPS) is 10.7. The molecule has 144 valence electrons. The molecule has 0 spiro atoms. The Labute approximate surface area is 171 Å². The smallest absolute Gasteiger partial charge is 0.225 e. The third-order valence-corrected chi connectivity index (χ3v) is 4.96. The summed E-state index contributed by atoms with van der Waals surface area (Å²) in [4.78, 5) is 20.1. The van der Waals surface area contributed by atoms with Gasteiger partial charge in [-0.3, -0.25) is 9.97 Å². The van der Waals surface area contributed by atoms with E-state index in [-0.39, 0.29) is 0 Å². The first-order valence-corrected chi connectivity index (χ1v) is 9.57. The maximum Gasteiger partial charge on any atom is 0.225 e. The fourth-order valence-corrected chi connectivity index (χ4v) is 3.23. The van der Waals surface area contributed by atoms with E-state index < -0.39 is 0 Å². The molecule has 29 heavy (non-hydrogen) atoms. The van der Waals surface area contributed by atoms with Gasteiger partial charge in [0, 0.05) is 61.3 Å². The molecule has 5 nitrogen and oxygen atoms in total. The summed E-state index contributed by atoms with van der Waals surface area (Å²) in [7, 11) is 2.01. The van der Waals surface area contributed by atoms with Crippen molar-refractivity contribution >= 4 is 5.95 Å². The molecule has 0 fully saturated rings. The number of rotatable bonds is 5. The lowest BCUT2D eigenvalue weighted by molar-refractivity contribution is 0.860. The van der Waals surface area contributed by atoms with Gasteiger partial charge in [0.2, 0.25) is 5.95 Å². The lowest BCUT2D eigenvalue weighted by Gasteiger charge is -2.20. The van der Waals surface area contributed by atoms with Crippen LogP contribution in [0, 0.1) is 13.8 Å². The molecule has 0 saturated carbocycles. The summed E-state index contributed by atoms with van der Waals surface area (Å²) < 4.78 is 0. The topological polar surface area (TPSA) is 54.8 Å². The van der Waals surface area contributed by atoms with Crippen LogP contribution in [0.4, 0.5) is 5.95 Å². The van der Waals surface area contributed by atoms with Crippen LogP contribution < -0.4 is 4.90 Å². The fraction of sp³-hybridized carbons (Fsp3) is 0.167. The van der Waals surface area contributed by atoms with Gasteiger partial charge in [-0.15, -0.1) is 0 Å². The Morgan fingerprint density at radius 2 is 1.62 bits per heavy atom. The van der Waals surface area contributed by atoms with E-state index in [0.29, 0.717) is 12.5 Å². The van der Waals surface area contributed by atoms with Gasteiger partial charge >= 0.3 is 0 Å². The zero-order valence-electron chi connectivity index (χ0n) is 16.9. The lowest BCUT2D eigenvalue weighted by Crippen LogP contribution is -2.20. The van der Waals surface area contributed by atoms with Gasteiger partial charge in [-0.1, -0.05) is 35.9 Å². The quantitative estimate of drug-likeness (QED) is 0.494. The standard InChI is InChI=1S/C24H23N5/c1-17-6-8-19(9-7-17)23-22(20-5-4-11-25-14-20)15-27-24(28-23)29(3)16-21-10-12-26-13-18(21)2/h4-15H,16H2,1-3H3. The van der Waals surface area contributed by atoms with Crippen LogP contribution >= 0.6 is 0 Å². The van der Waals surface area contributed by atoms with E-state index in [9.17, 15) is 0 Å². The fourth-order valence-electron chi connectivity index (χ4n) is 3.23. The first-order valence-electron chi connectivity index (χ1n) is 9.57. The molecule has 0 amide bonds. The zero-order chi connectivity index (χ0) is 20.2. The van der Waals surface area contributed by atoms with Gasteiger partial charge in [0.25, 0.3) is 0 Å². The van der Waals surface area contributed by atoms with Crippen molar-refractivity contribution in [3.8, 4) is 22.4 Å². The molecule has 0 atom stereocenters. The summed E-state index contributed by atoms with van der Waals surface area (Å²) >= 11 is 0. The minimum Gasteiger partial charge on any atom is -0.340 e. The van der Waals surface area contributed by atoms with Crippen molar-refractivity contribution in [1.82, 2.24) is 19.9 Å². The van der Waals surface area contributed by atoms with E-state index in [4.69, 9.17) is 4.98 Å². The second-order valence-corrected chi connectivity index (χ2v) is 7.20. The van der Waals surface area contributed by atoms with Gasteiger partial charge in [-0.05, 0) is 37.1 Å². The minimum absolute atomic E-state index is 0.685. The Morgan fingerprint density at radius 1 is 0.828 bits per heavy atom. The highest BCUT2D eigenvalue weighted by molar-refractivity contribution is 5.80. The molecule has 0 bridgehead atoms. The lowest BCUT2D eigenvalue weighted by atomic mass is 10.0. The summed E-state index contributed by atoms with van der Waals surface area (Å²) in [5.74, 6) is 0.685. The first-order chi connectivity index (χ1) is 14.1. The largest absolute Gasteiger partial charge is 0.340 e. The Morgan fingerprint density at radius 3 is 2.34 bits per heavy atom. The first kappa shape index (κ1) is 18.7. The second kappa shape index (κ2) is 8.19. The molecule has 5 heteroatoms. The van der Waals surface area contributed by atoms with Crippen molar-refractivity contribution < 1.29 is 0 Å². The van der Waals surface area contributed by atoms with E-state index in [2.05, 4.69) is 58.0 Å². The van der Waals surface area contributed by atoms with Crippen LogP contribution in [0.5, 0.6) is 0 Å². The van der Waals surface area contributed by atoms with Crippen molar-refractivity contribution in [2.75, 3.05) is 11.9 Å². The van der Waals surface area contributed by atoms with Crippen molar-refractivity contribution in [3.63, 3.8) is 0 Å². The van der Waals surface area contributed by atoms with Crippen LogP contribution in [0.2, 0.25) is 0 Å². The maximum absolute atomic E-state index is 4.95. The van der Waals surface area contributed by atoms with Gasteiger partial charge in [0.15, 0.2) is 0 Å². The SMILES string of the molecule is Cc1ccc(-c2nc(N(C)Cc3ccncc3C)ncc2-c2cccnc2)cc1. The number of aryl methyl sites for hydroxylation is 2. The third kappa shape index (κ3) is 4.14. The number of nitrogens with zero attached hydrogens (tertiary/aromatic N) is 5. The molecule has 4 aromatic rings. The molecule has 1 aromatic carbocycles. The van der Waals surface area contributed by atoms with E-state index in [1.165, 1.54) is 11.1 Å². The summed E-state index contributed by atoms with van der Waals surface area (Å²) in [6.45, 7) is 4.87. The number of pyridine rings is 2. The van der Waals surface area contributed by atoms with E-state index in [1.54, 1.807) is 6.20 Å². The number of hydrogen-bond acceptors (Lipinski definition) is 5. The van der Waals surface area contributed by atoms with Gasteiger partial charge < -0.3 is 4.90 Å². The minimum atomic E-state index is 0.685. The summed E-state index contributed by atoms with van der Waals surface area (Å²) in [6.07, 6.45) is 9.22. The van der Waals surface area contributed by atoms with Crippen molar-refractivity contribution in [3.05, 3.63) is 90.1 Å². The van der Waals surface area contributed by atoms with Crippen LogP contribution in [0.25, 0.3) is 22.4 Å². The number of anilines is 1. The van der Waals surface area contributed by atoms with Crippen molar-refractivity contribution in [1.29, 1.82) is 0 Å². The Hall–Kier alpha value is -3.60. The van der Waals surface area contributed by atoms with E-state index >= 15 is 0 Å². The molecule has 0 saturated heterocycles. The predicted molar refractivity (Wildman–Crippen MR) is 117 cm³/mol. The number of hydrogen-bond donors (Lipinski definition) is 0. The van der Waals surface area contributed by atoms with Crippen LogP contribution in [0.1, 0.15) is 16.7 Å². The van der Waals surface area contributed by atoms with Crippen LogP contribution in [-0.2, 0) is 6.54 Å². The molecule has 0 aliphatic carbocycles. The molecule has 3 heterocycles. The van der Waals surface area contributed by atoms with Crippen LogP contribution in [-0.4, -0.2) is 27.0 Å². The number of aromatic nitrogens is 4. The average molecular weight is 381 g/mol. The Balaban J connectivity index is 1.76. The summed E-state index contributed by atoms with van der Waals surface area (Å²) in [6, 6.07) is 14.4. The van der Waals surface area contributed by atoms with E-state index in [1.807, 2.05) is 50.0 Å². The maximum atomic E-state index is 4.95. The molecule has 0 unspecified atom stereocenters. The predicted octanol–water partition coefficient (Wildman–Crippen LogP) is 4.85. The number of benzene rings is 1. The Bertz CT molecular complexity index is 1110. The van der Waals surface area contributed by atoms with Crippen LogP contribution in [0.15, 0.2) is 73.4 Å². The van der Waals surface area contributed by atoms with Gasteiger partial charge in [0.05, 0.1) is 5.69 Å². The Kier molecular flexibility index (Phi) is 5.29. The molecule has 0 aliphatic rings.